The zero-order valence-electron chi connectivity index (χ0n) is 27.6. The van der Waals surface area contributed by atoms with Crippen LogP contribution in [-0.2, 0) is 0 Å². The van der Waals surface area contributed by atoms with Crippen LogP contribution in [0, 0.1) is 0 Å². The topological polar surface area (TPSA) is 89.9 Å². The molecule has 6 rings (SSSR count). The van der Waals surface area contributed by atoms with Gasteiger partial charge in [-0.2, -0.15) is 0 Å². The average Bonchev–Trinajstić information content (AvgIpc) is 3.15. The predicted molar refractivity (Wildman–Crippen MR) is 193 cm³/mol. The van der Waals surface area contributed by atoms with Gasteiger partial charge in [-0.1, -0.05) is 67.9 Å². The molecule has 0 aliphatic carbocycles. The third kappa shape index (κ3) is 12.2. The zero-order chi connectivity index (χ0) is 35.4. The van der Waals surface area contributed by atoms with Gasteiger partial charge in [-0.25, -0.2) is 0 Å². The number of aldehydes is 3. The SMILES string of the molecule is CCCCF.COc1ccc2cc(C=O)ccc2c1.O=Cc1ccc2cc(O)ccc2c1.O=Cc1ccc2cc(OCCCF)ccc2c1. The van der Waals surface area contributed by atoms with E-state index < -0.39 is 0 Å². The normalized spacial score (nSPS) is 10.0. The number of methoxy groups -OCH3 is 1. The van der Waals surface area contributed by atoms with E-state index in [1.807, 2.05) is 73.7 Å². The number of halogens is 2. The van der Waals surface area contributed by atoms with E-state index in [1.165, 1.54) is 0 Å². The number of unbranched alkanes of at least 4 members (excludes halogenated alkanes) is 1. The molecule has 254 valence electrons. The number of alkyl halides is 2. The van der Waals surface area contributed by atoms with Gasteiger partial charge in [-0.15, -0.1) is 0 Å². The molecule has 0 saturated carbocycles. The first-order valence-corrected chi connectivity index (χ1v) is 15.8. The number of rotatable bonds is 10. The Morgan fingerprint density at radius 2 is 0.959 bits per heavy atom. The second kappa shape index (κ2) is 20.6. The summed E-state index contributed by atoms with van der Waals surface area (Å²) in [6.07, 6.45) is 4.58. The highest BCUT2D eigenvalue weighted by Crippen LogP contribution is 2.23. The molecule has 49 heavy (non-hydrogen) atoms. The molecule has 6 aromatic rings. The zero-order valence-corrected chi connectivity index (χ0v) is 27.6. The average molecular weight is 667 g/mol. The molecule has 0 saturated heterocycles. The largest absolute Gasteiger partial charge is 0.508 e. The summed E-state index contributed by atoms with van der Waals surface area (Å²) in [6, 6.07) is 32.9. The summed E-state index contributed by atoms with van der Waals surface area (Å²) < 4.78 is 33.4. The molecular weight excluding hydrogens is 626 g/mol. The van der Waals surface area contributed by atoms with Crippen LogP contribution in [0.15, 0.2) is 109 Å². The molecule has 0 radical (unpaired) electrons. The van der Waals surface area contributed by atoms with Crippen molar-refractivity contribution in [1.29, 1.82) is 0 Å². The molecule has 0 amide bonds. The van der Waals surface area contributed by atoms with Gasteiger partial charge in [-0.05, 0) is 93.3 Å². The van der Waals surface area contributed by atoms with Gasteiger partial charge >= 0.3 is 0 Å². The molecule has 8 heteroatoms. The summed E-state index contributed by atoms with van der Waals surface area (Å²) in [5.41, 5.74) is 2.00. The molecular formula is C41H40F2O6. The fourth-order valence-corrected chi connectivity index (χ4v) is 4.55. The molecule has 0 atom stereocenters. The monoisotopic (exact) mass is 666 g/mol. The first kappa shape index (κ1) is 37.8. The van der Waals surface area contributed by atoms with Gasteiger partial charge in [0.05, 0.1) is 27.1 Å². The van der Waals surface area contributed by atoms with Gasteiger partial charge in [0.25, 0.3) is 0 Å². The highest BCUT2D eigenvalue weighted by Gasteiger charge is 2.00. The van der Waals surface area contributed by atoms with Crippen molar-refractivity contribution in [2.45, 2.75) is 26.2 Å². The number of hydrogen-bond donors (Lipinski definition) is 1. The summed E-state index contributed by atoms with van der Waals surface area (Å²) in [4.78, 5) is 31.6. The Labute approximate surface area is 284 Å². The minimum atomic E-state index is -0.365. The molecule has 0 aliphatic heterocycles. The van der Waals surface area contributed by atoms with E-state index in [9.17, 15) is 28.3 Å². The molecule has 0 aliphatic rings. The summed E-state index contributed by atoms with van der Waals surface area (Å²) in [5.74, 6) is 1.80. The predicted octanol–water partition coefficient (Wildman–Crippen LogP) is 10.2. The third-order valence-corrected chi connectivity index (χ3v) is 7.20. The number of carbonyl (C=O) groups excluding carboxylic acids is 3. The van der Waals surface area contributed by atoms with Crippen molar-refractivity contribution in [3.63, 3.8) is 0 Å². The lowest BCUT2D eigenvalue weighted by Crippen LogP contribution is -1.97. The van der Waals surface area contributed by atoms with Crippen molar-refractivity contribution < 1.29 is 37.7 Å². The van der Waals surface area contributed by atoms with Crippen molar-refractivity contribution in [3.05, 3.63) is 126 Å². The van der Waals surface area contributed by atoms with Gasteiger partial charge in [-0.3, -0.25) is 23.2 Å². The lowest BCUT2D eigenvalue weighted by Gasteiger charge is -2.06. The fraction of sp³-hybridized carbons (Fsp3) is 0.195. The number of fused-ring (bicyclic) bond motifs is 3. The van der Waals surface area contributed by atoms with E-state index in [1.54, 1.807) is 49.6 Å². The van der Waals surface area contributed by atoms with Crippen LogP contribution in [-0.4, -0.2) is 51.0 Å². The lowest BCUT2D eigenvalue weighted by molar-refractivity contribution is 0.111. The molecule has 0 bridgehead atoms. The smallest absolute Gasteiger partial charge is 0.150 e. The number of carbonyl (C=O) groups is 3. The van der Waals surface area contributed by atoms with Crippen LogP contribution in [0.4, 0.5) is 8.78 Å². The Kier molecular flexibility index (Phi) is 15.9. The highest BCUT2D eigenvalue weighted by molar-refractivity contribution is 5.91. The lowest BCUT2D eigenvalue weighted by atomic mass is 10.1. The van der Waals surface area contributed by atoms with Gasteiger partial charge in [0, 0.05) is 23.1 Å². The summed E-state index contributed by atoms with van der Waals surface area (Å²) >= 11 is 0. The van der Waals surface area contributed by atoms with Crippen LogP contribution >= 0.6 is 0 Å². The quantitative estimate of drug-likeness (QED) is 0.116. The first-order valence-electron chi connectivity index (χ1n) is 15.8. The van der Waals surface area contributed by atoms with Crippen molar-refractivity contribution in [1.82, 2.24) is 0 Å². The number of phenolic OH excluding ortho intramolecular Hbond substituents is 1. The van der Waals surface area contributed by atoms with Crippen LogP contribution < -0.4 is 9.47 Å². The van der Waals surface area contributed by atoms with Gasteiger partial charge in [0.15, 0.2) is 0 Å². The molecule has 6 aromatic carbocycles. The number of aromatic hydroxyl groups is 1. The maximum absolute atomic E-state index is 11.9. The van der Waals surface area contributed by atoms with Crippen molar-refractivity contribution >= 4 is 51.2 Å². The molecule has 1 N–H and O–H groups in total. The maximum atomic E-state index is 11.9. The van der Waals surface area contributed by atoms with E-state index in [4.69, 9.17) is 9.47 Å². The van der Waals surface area contributed by atoms with Crippen LogP contribution in [0.2, 0.25) is 0 Å². The molecule has 6 nitrogen and oxygen atoms in total. The van der Waals surface area contributed by atoms with E-state index in [0.717, 1.165) is 75.5 Å². The Morgan fingerprint density at radius 1 is 0.551 bits per heavy atom. The summed E-state index contributed by atoms with van der Waals surface area (Å²) in [7, 11) is 1.64. The molecule has 0 fully saturated rings. The molecule has 0 spiro atoms. The fourth-order valence-electron chi connectivity index (χ4n) is 4.55. The van der Waals surface area contributed by atoms with Crippen molar-refractivity contribution in [2.24, 2.45) is 0 Å². The number of benzene rings is 6. The van der Waals surface area contributed by atoms with Crippen LogP contribution in [0.25, 0.3) is 32.3 Å². The third-order valence-electron chi connectivity index (χ3n) is 7.20. The standard InChI is InChI=1S/C14H13FO2.C12H10O2.C11H8O2.C4H9F/c15-6-1-7-17-14-5-4-12-8-11(10-16)2-3-13(12)9-14;1-14-12-5-4-10-6-9(8-13)2-3-11(10)7-12;12-7-8-1-2-10-6-11(13)4-3-9(10)5-8;1-2-3-4-5/h2-5,8-10H,1,6-7H2;2-8H,1H3;1-7,13H;2-4H2,1H3. The van der Waals surface area contributed by atoms with E-state index >= 15 is 0 Å². The second-order valence-electron chi connectivity index (χ2n) is 10.8. The molecule has 0 aromatic heterocycles. The molecule has 0 unspecified atom stereocenters. The van der Waals surface area contributed by atoms with Crippen LogP contribution in [0.3, 0.4) is 0 Å². The van der Waals surface area contributed by atoms with Crippen LogP contribution in [0.1, 0.15) is 57.3 Å². The van der Waals surface area contributed by atoms with Crippen molar-refractivity contribution in [2.75, 3.05) is 27.1 Å². The number of hydrogen-bond acceptors (Lipinski definition) is 6. The number of phenols is 1. The minimum Gasteiger partial charge on any atom is -0.508 e. The van der Waals surface area contributed by atoms with Crippen molar-refractivity contribution in [3.8, 4) is 17.2 Å². The van der Waals surface area contributed by atoms with Gasteiger partial charge in [0.1, 0.15) is 36.1 Å². The molecule has 0 heterocycles. The minimum absolute atomic E-state index is 0.156. The Balaban J connectivity index is 0.000000188. The number of ether oxygens (including phenoxy) is 2. The Hall–Kier alpha value is -5.63. The van der Waals surface area contributed by atoms with Crippen LogP contribution in [0.5, 0.6) is 17.2 Å². The highest BCUT2D eigenvalue weighted by atomic mass is 19.1. The second-order valence-corrected chi connectivity index (χ2v) is 10.8. The summed E-state index contributed by atoms with van der Waals surface area (Å²) in [6.45, 7) is 1.83. The summed E-state index contributed by atoms with van der Waals surface area (Å²) in [5, 5.41) is 15.2. The van der Waals surface area contributed by atoms with Gasteiger partial charge in [0.2, 0.25) is 0 Å². The maximum Gasteiger partial charge on any atom is 0.150 e. The van der Waals surface area contributed by atoms with E-state index in [-0.39, 0.29) is 19.1 Å². The Morgan fingerprint density at radius 3 is 1.39 bits per heavy atom. The van der Waals surface area contributed by atoms with E-state index in [2.05, 4.69) is 0 Å². The van der Waals surface area contributed by atoms with Gasteiger partial charge < -0.3 is 14.6 Å². The van der Waals surface area contributed by atoms with E-state index in [0.29, 0.717) is 29.7 Å². The first-order chi connectivity index (χ1) is 23.9. The Bertz CT molecular complexity index is 1950.